The van der Waals surface area contributed by atoms with E-state index in [0.717, 1.165) is 0 Å². The van der Waals surface area contributed by atoms with Crippen molar-refractivity contribution >= 4 is 32.4 Å². The van der Waals surface area contributed by atoms with Gasteiger partial charge in [-0.05, 0) is 55.0 Å². The highest BCUT2D eigenvalue weighted by molar-refractivity contribution is 7.92. The monoisotopic (exact) mass is 419 g/mol. The van der Waals surface area contributed by atoms with Crippen molar-refractivity contribution in [2.75, 3.05) is 4.72 Å². The number of aryl methyl sites for hydroxylation is 1. The molecule has 0 saturated carbocycles. The number of aromatic amines is 1. The zero-order valence-electron chi connectivity index (χ0n) is 15.9. The molecular weight excluding hydrogens is 402 g/mol. The Morgan fingerprint density at radius 1 is 0.967 bits per heavy atom. The second kappa shape index (κ2) is 7.57. The SMILES string of the molecule is Cc1cc(=O)[nH]c2ccc(S(=O)(=O)Nc3cccc(C(=O)c4ccncc4)c3)cc12. The van der Waals surface area contributed by atoms with Gasteiger partial charge in [0.25, 0.3) is 10.0 Å². The van der Waals surface area contributed by atoms with Crippen LogP contribution in [0.15, 0.2) is 82.7 Å². The van der Waals surface area contributed by atoms with Crippen LogP contribution >= 0.6 is 0 Å². The predicted octanol–water partition coefficient (Wildman–Crippen LogP) is 3.26. The van der Waals surface area contributed by atoms with Crippen LogP contribution < -0.4 is 10.3 Å². The van der Waals surface area contributed by atoms with Gasteiger partial charge in [0.15, 0.2) is 5.78 Å². The molecule has 0 atom stereocenters. The molecule has 2 aromatic carbocycles. The van der Waals surface area contributed by atoms with Crippen molar-refractivity contribution in [2.45, 2.75) is 11.8 Å². The summed E-state index contributed by atoms with van der Waals surface area (Å²) in [5.74, 6) is -0.233. The van der Waals surface area contributed by atoms with Gasteiger partial charge in [-0.15, -0.1) is 0 Å². The Hall–Kier alpha value is -3.78. The topological polar surface area (TPSA) is 109 Å². The molecule has 0 aliphatic carbocycles. The first-order valence-electron chi connectivity index (χ1n) is 9.05. The lowest BCUT2D eigenvalue weighted by Gasteiger charge is -2.11. The van der Waals surface area contributed by atoms with Gasteiger partial charge in [-0.1, -0.05) is 12.1 Å². The van der Waals surface area contributed by atoms with E-state index in [-0.39, 0.29) is 21.9 Å². The molecule has 0 saturated heterocycles. The Bertz CT molecular complexity index is 1430. The maximum Gasteiger partial charge on any atom is 0.261 e. The van der Waals surface area contributed by atoms with Gasteiger partial charge in [0.1, 0.15) is 0 Å². The molecule has 0 unspecified atom stereocenters. The highest BCUT2D eigenvalue weighted by Gasteiger charge is 2.17. The van der Waals surface area contributed by atoms with Gasteiger partial charge < -0.3 is 4.98 Å². The molecular formula is C22H17N3O4S. The summed E-state index contributed by atoms with van der Waals surface area (Å²) < 4.78 is 28.3. The van der Waals surface area contributed by atoms with Crippen molar-refractivity contribution in [2.24, 2.45) is 0 Å². The summed E-state index contributed by atoms with van der Waals surface area (Å²) in [4.78, 5) is 30.8. The number of pyridine rings is 2. The minimum absolute atomic E-state index is 0.0519. The Balaban J connectivity index is 1.66. The summed E-state index contributed by atoms with van der Waals surface area (Å²) in [5.41, 5.74) is 2.08. The number of nitrogens with one attached hydrogen (secondary N) is 2. The number of rotatable bonds is 5. The van der Waals surface area contributed by atoms with Crippen LogP contribution in [0.2, 0.25) is 0 Å². The lowest BCUT2D eigenvalue weighted by molar-refractivity contribution is 0.103. The quantitative estimate of drug-likeness (QED) is 0.483. The summed E-state index contributed by atoms with van der Waals surface area (Å²) in [6, 6.07) is 15.4. The molecule has 4 aromatic rings. The smallest absolute Gasteiger partial charge is 0.261 e. The van der Waals surface area contributed by atoms with Gasteiger partial charge in [-0.3, -0.25) is 19.3 Å². The second-order valence-corrected chi connectivity index (χ2v) is 8.46. The number of H-pyrrole nitrogens is 1. The minimum atomic E-state index is -3.90. The Labute approximate surface area is 172 Å². The van der Waals surface area contributed by atoms with Crippen molar-refractivity contribution in [1.29, 1.82) is 0 Å². The Morgan fingerprint density at radius 2 is 1.73 bits per heavy atom. The van der Waals surface area contributed by atoms with Crippen LogP contribution in [0.4, 0.5) is 5.69 Å². The van der Waals surface area contributed by atoms with E-state index in [4.69, 9.17) is 0 Å². The highest BCUT2D eigenvalue weighted by Crippen LogP contribution is 2.23. The Kier molecular flexibility index (Phi) is 4.93. The normalized spacial score (nSPS) is 11.4. The number of hydrogen-bond acceptors (Lipinski definition) is 5. The lowest BCUT2D eigenvalue weighted by Crippen LogP contribution is -2.14. The van der Waals surface area contributed by atoms with E-state index in [1.807, 2.05) is 0 Å². The Morgan fingerprint density at radius 3 is 2.50 bits per heavy atom. The summed E-state index contributed by atoms with van der Waals surface area (Å²) in [5, 5.41) is 0.638. The molecule has 2 aromatic heterocycles. The molecule has 150 valence electrons. The number of carbonyl (C=O) groups is 1. The van der Waals surface area contributed by atoms with Crippen LogP contribution in [0, 0.1) is 6.92 Å². The van der Waals surface area contributed by atoms with E-state index < -0.39 is 10.0 Å². The van der Waals surface area contributed by atoms with E-state index >= 15 is 0 Å². The molecule has 0 aliphatic heterocycles. The molecule has 0 aliphatic rings. The standard InChI is InChI=1S/C22H17N3O4S/c1-14-11-21(26)24-20-6-5-18(13-19(14)20)30(28,29)25-17-4-2-3-16(12-17)22(27)15-7-9-23-10-8-15/h2-13,25H,1H3,(H,24,26). The first-order valence-corrected chi connectivity index (χ1v) is 10.5. The number of hydrogen-bond donors (Lipinski definition) is 2. The summed E-state index contributed by atoms with van der Waals surface area (Å²) in [6.45, 7) is 1.75. The van der Waals surface area contributed by atoms with Gasteiger partial charge in [0.2, 0.25) is 5.56 Å². The van der Waals surface area contributed by atoms with Crippen LogP contribution in [0.1, 0.15) is 21.5 Å². The van der Waals surface area contributed by atoms with Crippen LogP contribution in [0.25, 0.3) is 10.9 Å². The zero-order valence-corrected chi connectivity index (χ0v) is 16.7. The number of benzene rings is 2. The third-order valence-corrected chi connectivity index (χ3v) is 6.03. The molecule has 0 spiro atoms. The molecule has 0 bridgehead atoms. The molecule has 2 N–H and O–H groups in total. The number of sulfonamides is 1. The summed E-state index contributed by atoms with van der Waals surface area (Å²) in [7, 11) is -3.90. The number of ketones is 1. The number of nitrogens with zero attached hydrogens (tertiary/aromatic N) is 1. The number of anilines is 1. The fourth-order valence-corrected chi connectivity index (χ4v) is 4.25. The molecule has 0 amide bonds. The fourth-order valence-electron chi connectivity index (χ4n) is 3.18. The molecule has 0 radical (unpaired) electrons. The van der Waals surface area contributed by atoms with Crippen LogP contribution in [0.3, 0.4) is 0 Å². The van der Waals surface area contributed by atoms with E-state index in [0.29, 0.717) is 27.6 Å². The van der Waals surface area contributed by atoms with Gasteiger partial charge in [-0.25, -0.2) is 8.42 Å². The van der Waals surface area contributed by atoms with Crippen molar-refractivity contribution in [3.05, 3.63) is 100 Å². The number of carbonyl (C=O) groups excluding carboxylic acids is 1. The molecule has 8 heteroatoms. The third-order valence-electron chi connectivity index (χ3n) is 4.65. The molecule has 2 heterocycles. The lowest BCUT2D eigenvalue weighted by atomic mass is 10.0. The van der Waals surface area contributed by atoms with E-state index in [1.165, 1.54) is 36.7 Å². The van der Waals surface area contributed by atoms with Crippen LogP contribution in [0.5, 0.6) is 0 Å². The van der Waals surface area contributed by atoms with E-state index in [2.05, 4.69) is 14.7 Å². The number of aromatic nitrogens is 2. The van der Waals surface area contributed by atoms with Crippen LogP contribution in [-0.2, 0) is 10.0 Å². The molecule has 7 nitrogen and oxygen atoms in total. The largest absolute Gasteiger partial charge is 0.322 e. The minimum Gasteiger partial charge on any atom is -0.322 e. The van der Waals surface area contributed by atoms with E-state index in [9.17, 15) is 18.0 Å². The predicted molar refractivity (Wildman–Crippen MR) is 114 cm³/mol. The maximum absolute atomic E-state index is 12.9. The average molecular weight is 419 g/mol. The third kappa shape index (κ3) is 3.85. The maximum atomic E-state index is 12.9. The van der Waals surface area contributed by atoms with Crippen molar-refractivity contribution in [1.82, 2.24) is 9.97 Å². The van der Waals surface area contributed by atoms with Gasteiger partial charge in [0, 0.05) is 46.2 Å². The average Bonchev–Trinajstić information content (AvgIpc) is 2.73. The van der Waals surface area contributed by atoms with Gasteiger partial charge in [-0.2, -0.15) is 0 Å². The first kappa shape index (κ1) is 19.5. The first-order chi connectivity index (χ1) is 14.3. The van der Waals surface area contributed by atoms with Gasteiger partial charge >= 0.3 is 0 Å². The molecule has 4 rings (SSSR count). The van der Waals surface area contributed by atoms with E-state index in [1.54, 1.807) is 43.3 Å². The second-order valence-electron chi connectivity index (χ2n) is 6.78. The zero-order chi connectivity index (χ0) is 21.3. The molecule has 30 heavy (non-hydrogen) atoms. The van der Waals surface area contributed by atoms with Crippen LogP contribution in [-0.4, -0.2) is 24.2 Å². The van der Waals surface area contributed by atoms with Crippen molar-refractivity contribution in [3.63, 3.8) is 0 Å². The molecule has 0 fully saturated rings. The highest BCUT2D eigenvalue weighted by atomic mass is 32.2. The summed E-state index contributed by atoms with van der Waals surface area (Å²) in [6.07, 6.45) is 3.05. The fraction of sp³-hybridized carbons (Fsp3) is 0.0455. The number of fused-ring (bicyclic) bond motifs is 1. The van der Waals surface area contributed by atoms with Crippen molar-refractivity contribution < 1.29 is 13.2 Å². The summed E-state index contributed by atoms with van der Waals surface area (Å²) >= 11 is 0. The van der Waals surface area contributed by atoms with Gasteiger partial charge in [0.05, 0.1) is 4.90 Å². The van der Waals surface area contributed by atoms with Crippen molar-refractivity contribution in [3.8, 4) is 0 Å².